The normalized spacial score (nSPS) is 36.7. The van der Waals surface area contributed by atoms with E-state index < -0.39 is 0 Å². The molecule has 4 rings (SSSR count). The third-order valence-electron chi connectivity index (χ3n) is 5.51. The molecule has 94 valence electrons. The van der Waals surface area contributed by atoms with Crippen molar-refractivity contribution in [1.82, 2.24) is 10.1 Å². The average Bonchev–Trinajstić information content (AvgIpc) is 2.79. The van der Waals surface area contributed by atoms with Crippen molar-refractivity contribution in [3.8, 4) is 0 Å². The minimum Gasteiger partial charge on any atom is -0.339 e. The van der Waals surface area contributed by atoms with Crippen LogP contribution in [0.5, 0.6) is 0 Å². The standard InChI is InChI=1S/C14H22N2O/c1-10(2)13-4-7-14(8-5-13,9-6-13)12-15-11(3)16-17-12/h10H,4-9H2,1-3H3. The molecule has 3 heteroatoms. The summed E-state index contributed by atoms with van der Waals surface area (Å²) in [7, 11) is 0. The summed E-state index contributed by atoms with van der Waals surface area (Å²) in [5, 5.41) is 3.97. The predicted molar refractivity (Wildman–Crippen MR) is 65.7 cm³/mol. The van der Waals surface area contributed by atoms with Crippen LogP contribution in [0.3, 0.4) is 0 Å². The van der Waals surface area contributed by atoms with E-state index in [0.717, 1.165) is 17.6 Å². The van der Waals surface area contributed by atoms with Crippen molar-refractivity contribution in [2.75, 3.05) is 0 Å². The summed E-state index contributed by atoms with van der Waals surface area (Å²) < 4.78 is 5.45. The zero-order chi connectivity index (χ0) is 12.1. The van der Waals surface area contributed by atoms with Gasteiger partial charge in [0.05, 0.1) is 0 Å². The topological polar surface area (TPSA) is 38.9 Å². The molecule has 1 aromatic rings. The van der Waals surface area contributed by atoms with Gasteiger partial charge < -0.3 is 4.52 Å². The molecule has 2 bridgehead atoms. The fourth-order valence-corrected chi connectivity index (χ4v) is 3.91. The molecule has 0 atom stereocenters. The van der Waals surface area contributed by atoms with Crippen molar-refractivity contribution in [2.45, 2.75) is 64.7 Å². The van der Waals surface area contributed by atoms with Crippen LogP contribution in [-0.2, 0) is 5.41 Å². The van der Waals surface area contributed by atoms with Gasteiger partial charge in [-0.2, -0.15) is 4.98 Å². The van der Waals surface area contributed by atoms with Crippen LogP contribution in [0, 0.1) is 18.3 Å². The quantitative estimate of drug-likeness (QED) is 0.784. The van der Waals surface area contributed by atoms with Gasteiger partial charge in [0.2, 0.25) is 5.89 Å². The second-order valence-corrected chi connectivity index (χ2v) is 6.44. The molecule has 0 amide bonds. The van der Waals surface area contributed by atoms with Crippen LogP contribution >= 0.6 is 0 Å². The second-order valence-electron chi connectivity index (χ2n) is 6.44. The minimum atomic E-state index is 0.220. The molecule has 0 aromatic carbocycles. The van der Waals surface area contributed by atoms with E-state index >= 15 is 0 Å². The van der Waals surface area contributed by atoms with Gasteiger partial charge in [-0.3, -0.25) is 0 Å². The Morgan fingerprint density at radius 2 is 1.65 bits per heavy atom. The SMILES string of the molecule is Cc1noc(C23CCC(C(C)C)(CC2)CC3)n1. The molecule has 1 heterocycles. The Bertz CT molecular complexity index is 397. The molecular weight excluding hydrogens is 212 g/mol. The summed E-state index contributed by atoms with van der Waals surface area (Å²) in [6.45, 7) is 6.68. The monoisotopic (exact) mass is 234 g/mol. The predicted octanol–water partition coefficient (Wildman–Crippen LogP) is 3.63. The van der Waals surface area contributed by atoms with Gasteiger partial charge in [-0.1, -0.05) is 19.0 Å². The first-order valence-electron chi connectivity index (χ1n) is 6.87. The lowest BCUT2D eigenvalue weighted by Gasteiger charge is -2.54. The molecular formula is C14H22N2O. The number of hydrogen-bond acceptors (Lipinski definition) is 3. The van der Waals surface area contributed by atoms with Crippen molar-refractivity contribution in [3.05, 3.63) is 11.7 Å². The molecule has 0 N–H and O–H groups in total. The largest absolute Gasteiger partial charge is 0.339 e. The highest BCUT2D eigenvalue weighted by molar-refractivity contribution is 5.13. The van der Waals surface area contributed by atoms with Gasteiger partial charge in [-0.15, -0.1) is 0 Å². The van der Waals surface area contributed by atoms with Gasteiger partial charge in [0.25, 0.3) is 0 Å². The summed E-state index contributed by atoms with van der Waals surface area (Å²) >= 11 is 0. The maximum atomic E-state index is 5.45. The number of rotatable bonds is 2. The first-order chi connectivity index (χ1) is 8.06. The Balaban J connectivity index is 1.86. The van der Waals surface area contributed by atoms with E-state index in [9.17, 15) is 0 Å². The third kappa shape index (κ3) is 1.54. The average molecular weight is 234 g/mol. The van der Waals surface area contributed by atoms with Crippen molar-refractivity contribution >= 4 is 0 Å². The second kappa shape index (κ2) is 3.56. The molecule has 0 spiro atoms. The molecule has 0 unspecified atom stereocenters. The summed E-state index contributed by atoms with van der Waals surface area (Å²) in [6, 6.07) is 0. The Morgan fingerprint density at radius 3 is 2.06 bits per heavy atom. The van der Waals surface area contributed by atoms with Crippen LogP contribution < -0.4 is 0 Å². The lowest BCUT2D eigenvalue weighted by atomic mass is 9.50. The maximum Gasteiger partial charge on any atom is 0.232 e. The molecule has 3 aliphatic rings. The smallest absolute Gasteiger partial charge is 0.232 e. The molecule has 0 saturated heterocycles. The molecule has 1 aromatic heterocycles. The van der Waals surface area contributed by atoms with E-state index in [0.29, 0.717) is 5.41 Å². The maximum absolute atomic E-state index is 5.45. The summed E-state index contributed by atoms with van der Waals surface area (Å²) in [6.07, 6.45) is 7.75. The zero-order valence-corrected chi connectivity index (χ0v) is 11.1. The third-order valence-corrected chi connectivity index (χ3v) is 5.51. The molecule has 17 heavy (non-hydrogen) atoms. The van der Waals surface area contributed by atoms with Crippen LogP contribution in [0.4, 0.5) is 0 Å². The molecule has 3 fully saturated rings. The highest BCUT2D eigenvalue weighted by Gasteiger charge is 2.52. The highest BCUT2D eigenvalue weighted by Crippen LogP contribution is 2.60. The van der Waals surface area contributed by atoms with Crippen LogP contribution in [0.2, 0.25) is 0 Å². The number of aryl methyl sites for hydroxylation is 1. The molecule has 3 saturated carbocycles. The van der Waals surface area contributed by atoms with E-state index in [2.05, 4.69) is 24.0 Å². The van der Waals surface area contributed by atoms with Crippen LogP contribution in [0.15, 0.2) is 4.52 Å². The molecule has 3 aliphatic carbocycles. The zero-order valence-electron chi connectivity index (χ0n) is 11.1. The van der Waals surface area contributed by atoms with Crippen molar-refractivity contribution < 1.29 is 4.52 Å². The summed E-state index contributed by atoms with van der Waals surface area (Å²) in [5.74, 6) is 2.50. The lowest BCUT2D eigenvalue weighted by Crippen LogP contribution is -2.46. The van der Waals surface area contributed by atoms with E-state index in [4.69, 9.17) is 4.52 Å². The first-order valence-corrected chi connectivity index (χ1v) is 6.87. The molecule has 0 radical (unpaired) electrons. The van der Waals surface area contributed by atoms with Crippen LogP contribution in [-0.4, -0.2) is 10.1 Å². The van der Waals surface area contributed by atoms with Gasteiger partial charge in [-0.25, -0.2) is 0 Å². The lowest BCUT2D eigenvalue weighted by molar-refractivity contribution is -0.0107. The fourth-order valence-electron chi connectivity index (χ4n) is 3.91. The van der Waals surface area contributed by atoms with Gasteiger partial charge in [-0.05, 0) is 56.8 Å². The first kappa shape index (κ1) is 11.2. The van der Waals surface area contributed by atoms with Gasteiger partial charge >= 0.3 is 0 Å². The number of fused-ring (bicyclic) bond motifs is 3. The van der Waals surface area contributed by atoms with E-state index in [-0.39, 0.29) is 5.41 Å². The van der Waals surface area contributed by atoms with Crippen molar-refractivity contribution in [3.63, 3.8) is 0 Å². The summed E-state index contributed by atoms with van der Waals surface area (Å²) in [5.41, 5.74) is 0.828. The highest BCUT2D eigenvalue weighted by atomic mass is 16.5. The summed E-state index contributed by atoms with van der Waals surface area (Å²) in [4.78, 5) is 4.49. The Morgan fingerprint density at radius 1 is 1.06 bits per heavy atom. The Labute approximate surface area is 103 Å². The van der Waals surface area contributed by atoms with Crippen LogP contribution in [0.25, 0.3) is 0 Å². The van der Waals surface area contributed by atoms with Gasteiger partial charge in [0.15, 0.2) is 5.82 Å². The molecule has 0 aliphatic heterocycles. The van der Waals surface area contributed by atoms with Crippen molar-refractivity contribution in [1.29, 1.82) is 0 Å². The Kier molecular flexibility index (Phi) is 2.36. The minimum absolute atomic E-state index is 0.220. The van der Waals surface area contributed by atoms with Gasteiger partial charge in [0.1, 0.15) is 0 Å². The number of nitrogens with zero attached hydrogens (tertiary/aromatic N) is 2. The Hall–Kier alpha value is -0.860. The van der Waals surface area contributed by atoms with E-state index in [1.165, 1.54) is 38.5 Å². The van der Waals surface area contributed by atoms with Crippen LogP contribution in [0.1, 0.15) is 64.1 Å². The van der Waals surface area contributed by atoms with Gasteiger partial charge in [0, 0.05) is 5.41 Å². The van der Waals surface area contributed by atoms with Crippen molar-refractivity contribution in [2.24, 2.45) is 11.3 Å². The molecule has 3 nitrogen and oxygen atoms in total. The van der Waals surface area contributed by atoms with E-state index in [1.807, 2.05) is 6.92 Å². The fraction of sp³-hybridized carbons (Fsp3) is 0.857. The number of aromatic nitrogens is 2. The van der Waals surface area contributed by atoms with E-state index in [1.54, 1.807) is 0 Å². The number of hydrogen-bond donors (Lipinski definition) is 0.